The molecule has 5 heteroatoms. The van der Waals surface area contributed by atoms with Crippen LogP contribution in [0.4, 0.5) is 4.79 Å². The van der Waals surface area contributed by atoms with Gasteiger partial charge in [-0.1, -0.05) is 0 Å². The number of hydrazine groups is 1. The number of ether oxygens (including phenoxy) is 1. The number of urea groups is 1. The van der Waals surface area contributed by atoms with Crippen molar-refractivity contribution in [3.8, 4) is 0 Å². The fourth-order valence-corrected chi connectivity index (χ4v) is 1.44. The molecule has 2 atom stereocenters. The van der Waals surface area contributed by atoms with Crippen LogP contribution in [0.25, 0.3) is 0 Å². The van der Waals surface area contributed by atoms with Crippen molar-refractivity contribution in [1.29, 1.82) is 0 Å². The second-order valence-corrected chi connectivity index (χ2v) is 3.11. The Morgan fingerprint density at radius 3 is 2.42 bits per heavy atom. The number of carbonyl (C=O) groups excluding carboxylic acids is 1. The molecule has 1 aliphatic heterocycles. The van der Waals surface area contributed by atoms with Crippen molar-refractivity contribution in [2.75, 3.05) is 13.1 Å². The molecule has 12 heavy (non-hydrogen) atoms. The first-order valence-corrected chi connectivity index (χ1v) is 4.04. The van der Waals surface area contributed by atoms with Crippen molar-refractivity contribution in [2.24, 2.45) is 5.84 Å². The Hall–Kier alpha value is -0.810. The van der Waals surface area contributed by atoms with Gasteiger partial charge in [-0.15, -0.1) is 0 Å². The van der Waals surface area contributed by atoms with Gasteiger partial charge < -0.3 is 9.64 Å². The maximum Gasteiger partial charge on any atom is 0.331 e. The number of nitrogens with two attached hydrogens (primary N) is 1. The lowest BCUT2D eigenvalue weighted by Crippen LogP contribution is -2.53. The van der Waals surface area contributed by atoms with Crippen LogP contribution in [0.3, 0.4) is 0 Å². The third kappa shape index (κ3) is 2.09. The van der Waals surface area contributed by atoms with Gasteiger partial charge in [0.25, 0.3) is 0 Å². The van der Waals surface area contributed by atoms with E-state index in [9.17, 15) is 4.79 Å². The molecule has 0 aromatic heterocycles. The Bertz CT molecular complexity index is 164. The van der Waals surface area contributed by atoms with Crippen LogP contribution in [-0.4, -0.2) is 36.2 Å². The zero-order valence-electron chi connectivity index (χ0n) is 7.41. The normalized spacial score (nSPS) is 30.1. The van der Waals surface area contributed by atoms with Gasteiger partial charge in [-0.2, -0.15) is 0 Å². The lowest BCUT2D eigenvalue weighted by Gasteiger charge is -2.34. The van der Waals surface area contributed by atoms with E-state index >= 15 is 0 Å². The number of nitrogens with zero attached hydrogens (tertiary/aromatic N) is 1. The summed E-state index contributed by atoms with van der Waals surface area (Å²) in [4.78, 5) is 12.7. The average molecular weight is 173 g/mol. The van der Waals surface area contributed by atoms with E-state index in [1.54, 1.807) is 4.90 Å². The van der Waals surface area contributed by atoms with Gasteiger partial charge in [-0.25, -0.2) is 10.6 Å². The molecule has 0 bridgehead atoms. The van der Waals surface area contributed by atoms with Crippen LogP contribution < -0.4 is 11.3 Å². The Morgan fingerprint density at radius 1 is 1.50 bits per heavy atom. The van der Waals surface area contributed by atoms with Crippen molar-refractivity contribution in [1.82, 2.24) is 10.3 Å². The SMILES string of the molecule is CC1CN(C(=O)NN)CC(C)O1. The number of morpholine rings is 1. The average Bonchev–Trinajstić information content (AvgIpc) is 2.01. The Kier molecular flexibility index (Phi) is 2.88. The van der Waals surface area contributed by atoms with Gasteiger partial charge in [0, 0.05) is 13.1 Å². The van der Waals surface area contributed by atoms with Gasteiger partial charge in [0.2, 0.25) is 0 Å². The van der Waals surface area contributed by atoms with E-state index in [1.165, 1.54) is 0 Å². The van der Waals surface area contributed by atoms with E-state index < -0.39 is 0 Å². The standard InChI is InChI=1S/C7H15N3O2/c1-5-3-10(7(11)9-8)4-6(2)12-5/h5-6H,3-4,8H2,1-2H3,(H,9,11). The quantitative estimate of drug-likeness (QED) is 0.300. The minimum Gasteiger partial charge on any atom is -0.372 e. The van der Waals surface area contributed by atoms with Crippen LogP contribution in [0.5, 0.6) is 0 Å². The first-order valence-electron chi connectivity index (χ1n) is 4.04. The van der Waals surface area contributed by atoms with Crippen molar-refractivity contribution < 1.29 is 9.53 Å². The van der Waals surface area contributed by atoms with E-state index in [4.69, 9.17) is 10.6 Å². The molecule has 2 unspecified atom stereocenters. The van der Waals surface area contributed by atoms with Crippen LogP contribution in [0.15, 0.2) is 0 Å². The highest BCUT2D eigenvalue weighted by Gasteiger charge is 2.24. The number of hydrogen-bond donors (Lipinski definition) is 2. The molecule has 1 rings (SSSR count). The van der Waals surface area contributed by atoms with Gasteiger partial charge in [0.15, 0.2) is 0 Å². The smallest absolute Gasteiger partial charge is 0.331 e. The highest BCUT2D eigenvalue weighted by molar-refractivity contribution is 5.73. The molecular formula is C7H15N3O2. The number of hydrogen-bond acceptors (Lipinski definition) is 3. The minimum absolute atomic E-state index is 0.0889. The maximum atomic E-state index is 11.1. The van der Waals surface area contributed by atoms with Gasteiger partial charge in [-0.3, -0.25) is 5.43 Å². The summed E-state index contributed by atoms with van der Waals surface area (Å²) in [5, 5.41) is 0. The molecule has 5 nitrogen and oxygen atoms in total. The van der Waals surface area contributed by atoms with Crippen molar-refractivity contribution in [2.45, 2.75) is 26.1 Å². The van der Waals surface area contributed by atoms with E-state index in [-0.39, 0.29) is 18.2 Å². The zero-order valence-corrected chi connectivity index (χ0v) is 7.41. The summed E-state index contributed by atoms with van der Waals surface area (Å²) in [5.41, 5.74) is 2.11. The molecule has 2 amide bonds. The predicted molar refractivity (Wildman–Crippen MR) is 44.3 cm³/mol. The molecule has 0 spiro atoms. The van der Waals surface area contributed by atoms with Crippen LogP contribution in [0, 0.1) is 0 Å². The molecule has 0 aromatic rings. The molecule has 1 heterocycles. The van der Waals surface area contributed by atoms with E-state index in [1.807, 2.05) is 13.8 Å². The summed E-state index contributed by atoms with van der Waals surface area (Å²) in [6, 6.07) is -0.239. The summed E-state index contributed by atoms with van der Waals surface area (Å²) in [6.07, 6.45) is 0.178. The first-order chi connectivity index (χ1) is 5.63. The van der Waals surface area contributed by atoms with Gasteiger partial charge in [0.1, 0.15) is 0 Å². The second kappa shape index (κ2) is 3.73. The topological polar surface area (TPSA) is 67.6 Å². The van der Waals surface area contributed by atoms with E-state index in [2.05, 4.69) is 5.43 Å². The van der Waals surface area contributed by atoms with Crippen molar-refractivity contribution >= 4 is 6.03 Å². The first kappa shape index (κ1) is 9.28. The molecule has 0 aliphatic carbocycles. The fourth-order valence-electron chi connectivity index (χ4n) is 1.44. The molecule has 0 aromatic carbocycles. The van der Waals surface area contributed by atoms with Crippen molar-refractivity contribution in [3.05, 3.63) is 0 Å². The highest BCUT2D eigenvalue weighted by Crippen LogP contribution is 2.09. The Morgan fingerprint density at radius 2 is 2.00 bits per heavy atom. The van der Waals surface area contributed by atoms with E-state index in [0.717, 1.165) is 0 Å². The number of nitrogens with one attached hydrogen (secondary N) is 1. The minimum atomic E-state index is -0.239. The zero-order chi connectivity index (χ0) is 9.14. The lowest BCUT2D eigenvalue weighted by molar-refractivity contribution is -0.0545. The van der Waals surface area contributed by atoms with Gasteiger partial charge in [-0.05, 0) is 13.8 Å². The van der Waals surface area contributed by atoms with Crippen LogP contribution >= 0.6 is 0 Å². The van der Waals surface area contributed by atoms with Gasteiger partial charge >= 0.3 is 6.03 Å². The summed E-state index contributed by atoms with van der Waals surface area (Å²) in [5.74, 6) is 5.01. The maximum absolute atomic E-state index is 11.1. The second-order valence-electron chi connectivity index (χ2n) is 3.11. The largest absolute Gasteiger partial charge is 0.372 e. The summed E-state index contributed by atoms with van der Waals surface area (Å²) < 4.78 is 5.45. The fraction of sp³-hybridized carbons (Fsp3) is 0.857. The molecule has 1 fully saturated rings. The summed E-state index contributed by atoms with van der Waals surface area (Å²) in [7, 11) is 0. The third-order valence-corrected chi connectivity index (χ3v) is 1.83. The Balaban J connectivity index is 2.49. The van der Waals surface area contributed by atoms with Gasteiger partial charge in [0.05, 0.1) is 12.2 Å². The highest BCUT2D eigenvalue weighted by atomic mass is 16.5. The lowest BCUT2D eigenvalue weighted by atomic mass is 10.2. The molecule has 70 valence electrons. The summed E-state index contributed by atoms with van der Waals surface area (Å²) in [6.45, 7) is 5.08. The molecule has 3 N–H and O–H groups in total. The number of carbonyl (C=O) groups is 1. The molecule has 1 saturated heterocycles. The molecule has 1 aliphatic rings. The molecule has 0 radical (unpaired) electrons. The van der Waals surface area contributed by atoms with E-state index in [0.29, 0.717) is 13.1 Å². The Labute approximate surface area is 71.8 Å². The predicted octanol–water partition coefficient (Wildman–Crippen LogP) is -0.321. The molecular weight excluding hydrogens is 158 g/mol. The number of rotatable bonds is 0. The monoisotopic (exact) mass is 173 g/mol. The van der Waals surface area contributed by atoms with Crippen molar-refractivity contribution in [3.63, 3.8) is 0 Å². The van der Waals surface area contributed by atoms with Crippen LogP contribution in [0.1, 0.15) is 13.8 Å². The number of amides is 2. The third-order valence-electron chi connectivity index (χ3n) is 1.83. The van der Waals surface area contributed by atoms with Crippen LogP contribution in [-0.2, 0) is 4.74 Å². The summed E-state index contributed by atoms with van der Waals surface area (Å²) >= 11 is 0. The molecule has 0 saturated carbocycles. The van der Waals surface area contributed by atoms with Crippen LogP contribution in [0.2, 0.25) is 0 Å².